The molecule has 1 atom stereocenters. The molecule has 0 fully saturated rings. The maximum Gasteiger partial charge on any atom is 0.223 e. The molecule has 0 aliphatic heterocycles. The Balaban J connectivity index is 1.64. The summed E-state index contributed by atoms with van der Waals surface area (Å²) in [5.74, 6) is 0.274. The minimum atomic E-state index is 0.121. The minimum absolute atomic E-state index is 0.121. The van der Waals surface area contributed by atoms with Crippen LogP contribution in [-0.4, -0.2) is 15.9 Å². The van der Waals surface area contributed by atoms with E-state index in [1.165, 1.54) is 0 Å². The molecule has 0 spiro atoms. The lowest BCUT2D eigenvalue weighted by Crippen LogP contribution is -2.30. The summed E-state index contributed by atoms with van der Waals surface area (Å²) in [4.78, 5) is 22.0. The van der Waals surface area contributed by atoms with Crippen molar-refractivity contribution in [1.82, 2.24) is 15.3 Å². The Labute approximate surface area is 134 Å². The molecule has 114 valence electrons. The lowest BCUT2D eigenvalue weighted by Gasteiger charge is -2.16. The summed E-state index contributed by atoms with van der Waals surface area (Å²) in [6, 6.07) is 3.91. The first-order chi connectivity index (χ1) is 10.7. The molecule has 22 heavy (non-hydrogen) atoms. The Kier molecular flexibility index (Phi) is 4.63. The zero-order valence-corrected chi connectivity index (χ0v) is 13.4. The van der Waals surface area contributed by atoms with Gasteiger partial charge >= 0.3 is 0 Å². The number of pyridine rings is 1. The Morgan fingerprint density at radius 2 is 2.36 bits per heavy atom. The van der Waals surface area contributed by atoms with E-state index < -0.39 is 0 Å². The third-order valence-electron chi connectivity index (χ3n) is 3.86. The zero-order valence-electron chi connectivity index (χ0n) is 12.6. The summed E-state index contributed by atoms with van der Waals surface area (Å²) in [6.45, 7) is 2.55. The number of nitrogens with zero attached hydrogens (tertiary/aromatic N) is 2. The monoisotopic (exact) mass is 313 g/mol. The van der Waals surface area contributed by atoms with Crippen LogP contribution in [-0.2, 0) is 11.3 Å². The van der Waals surface area contributed by atoms with Gasteiger partial charge in [0.1, 0.15) is 5.01 Å². The highest BCUT2D eigenvalue weighted by atomic mass is 32.1. The van der Waals surface area contributed by atoms with E-state index in [0.717, 1.165) is 40.4 Å². The molecule has 1 aliphatic rings. The van der Waals surface area contributed by atoms with Gasteiger partial charge in [-0.2, -0.15) is 0 Å². The smallest absolute Gasteiger partial charge is 0.223 e. The number of hydrogen-bond acceptors (Lipinski definition) is 4. The first kappa shape index (κ1) is 14.9. The van der Waals surface area contributed by atoms with Crippen molar-refractivity contribution in [2.45, 2.75) is 32.7 Å². The second kappa shape index (κ2) is 6.83. The third kappa shape index (κ3) is 3.42. The molecule has 1 unspecified atom stereocenters. The van der Waals surface area contributed by atoms with Gasteiger partial charge in [0, 0.05) is 28.8 Å². The molecule has 0 saturated carbocycles. The standard InChI is InChI=1S/C17H19N3OS/c1-12-15(11-19-16(21)13-6-3-2-4-7-13)22-17(20-12)14-8-5-9-18-10-14/h2-3,5,8-10,13H,4,6-7,11H2,1H3,(H,19,21). The molecule has 4 nitrogen and oxygen atoms in total. The van der Waals surface area contributed by atoms with Gasteiger partial charge < -0.3 is 5.32 Å². The van der Waals surface area contributed by atoms with Crippen molar-refractivity contribution in [2.75, 3.05) is 0 Å². The highest BCUT2D eigenvalue weighted by molar-refractivity contribution is 7.15. The molecule has 5 heteroatoms. The first-order valence-corrected chi connectivity index (χ1v) is 8.35. The van der Waals surface area contributed by atoms with Gasteiger partial charge in [0.25, 0.3) is 0 Å². The average Bonchev–Trinajstić information content (AvgIpc) is 2.95. The lowest BCUT2D eigenvalue weighted by atomic mass is 9.94. The van der Waals surface area contributed by atoms with Crippen molar-refractivity contribution < 1.29 is 4.79 Å². The van der Waals surface area contributed by atoms with Gasteiger partial charge in [-0.15, -0.1) is 11.3 Å². The van der Waals surface area contributed by atoms with Crippen molar-refractivity contribution >= 4 is 17.2 Å². The van der Waals surface area contributed by atoms with Crippen LogP contribution in [0.4, 0.5) is 0 Å². The predicted octanol–water partition coefficient (Wildman–Crippen LogP) is 3.49. The highest BCUT2D eigenvalue weighted by Gasteiger charge is 2.19. The topological polar surface area (TPSA) is 54.9 Å². The first-order valence-electron chi connectivity index (χ1n) is 7.53. The zero-order chi connectivity index (χ0) is 15.4. The summed E-state index contributed by atoms with van der Waals surface area (Å²) in [5.41, 5.74) is 2.00. The van der Waals surface area contributed by atoms with E-state index in [2.05, 4.69) is 27.4 Å². The largest absolute Gasteiger partial charge is 0.351 e. The number of carbonyl (C=O) groups is 1. The van der Waals surface area contributed by atoms with Crippen LogP contribution in [0.2, 0.25) is 0 Å². The second-order valence-electron chi connectivity index (χ2n) is 5.47. The SMILES string of the molecule is Cc1nc(-c2cccnc2)sc1CNC(=O)C1CC=CCC1. The lowest BCUT2D eigenvalue weighted by molar-refractivity contribution is -0.125. The highest BCUT2D eigenvalue weighted by Crippen LogP contribution is 2.27. The van der Waals surface area contributed by atoms with Crippen molar-refractivity contribution in [3.05, 3.63) is 47.2 Å². The van der Waals surface area contributed by atoms with Crippen LogP contribution in [0.5, 0.6) is 0 Å². The fraction of sp³-hybridized carbons (Fsp3) is 0.353. The fourth-order valence-corrected chi connectivity index (χ4v) is 3.54. The molecule has 2 heterocycles. The third-order valence-corrected chi connectivity index (χ3v) is 5.07. The van der Waals surface area contributed by atoms with Crippen molar-refractivity contribution in [1.29, 1.82) is 0 Å². The van der Waals surface area contributed by atoms with Crippen LogP contribution in [0, 0.1) is 12.8 Å². The fourth-order valence-electron chi connectivity index (χ4n) is 2.55. The normalized spacial score (nSPS) is 17.4. The maximum atomic E-state index is 12.2. The molecule has 3 rings (SSSR count). The van der Waals surface area contributed by atoms with E-state index in [-0.39, 0.29) is 11.8 Å². The van der Waals surface area contributed by atoms with E-state index in [4.69, 9.17) is 0 Å². The van der Waals surface area contributed by atoms with E-state index in [1.807, 2.05) is 25.3 Å². The number of allylic oxidation sites excluding steroid dienone is 2. The molecule has 2 aromatic heterocycles. The van der Waals surface area contributed by atoms with Gasteiger partial charge in [0.15, 0.2) is 0 Å². The van der Waals surface area contributed by atoms with E-state index in [1.54, 1.807) is 17.5 Å². The quantitative estimate of drug-likeness (QED) is 0.879. The van der Waals surface area contributed by atoms with Crippen LogP contribution in [0.1, 0.15) is 29.8 Å². The van der Waals surface area contributed by atoms with Gasteiger partial charge in [0.2, 0.25) is 5.91 Å². The van der Waals surface area contributed by atoms with E-state index >= 15 is 0 Å². The Bertz CT molecular complexity index is 678. The van der Waals surface area contributed by atoms with Crippen molar-refractivity contribution in [3.63, 3.8) is 0 Å². The van der Waals surface area contributed by atoms with Gasteiger partial charge in [0.05, 0.1) is 12.2 Å². The van der Waals surface area contributed by atoms with Gasteiger partial charge in [-0.3, -0.25) is 9.78 Å². The summed E-state index contributed by atoms with van der Waals surface area (Å²) in [6.07, 6.45) is 10.6. The van der Waals surface area contributed by atoms with Crippen LogP contribution < -0.4 is 5.32 Å². The molecule has 2 aromatic rings. The summed E-state index contributed by atoms with van der Waals surface area (Å²) < 4.78 is 0. The molecule has 1 N–H and O–H groups in total. The van der Waals surface area contributed by atoms with Crippen LogP contribution in [0.25, 0.3) is 10.6 Å². The van der Waals surface area contributed by atoms with E-state index in [9.17, 15) is 4.79 Å². The van der Waals surface area contributed by atoms with Crippen LogP contribution >= 0.6 is 11.3 Å². The summed E-state index contributed by atoms with van der Waals surface area (Å²) in [5, 5.41) is 4.01. The number of nitrogens with one attached hydrogen (secondary N) is 1. The van der Waals surface area contributed by atoms with Crippen molar-refractivity contribution in [2.24, 2.45) is 5.92 Å². The predicted molar refractivity (Wildman–Crippen MR) is 88.4 cm³/mol. The number of amides is 1. The average molecular weight is 313 g/mol. The van der Waals surface area contributed by atoms with Crippen LogP contribution in [0.3, 0.4) is 0 Å². The molecule has 0 saturated heterocycles. The number of thiazole rings is 1. The molecular formula is C17H19N3OS. The molecule has 1 aliphatic carbocycles. The number of rotatable bonds is 4. The summed E-state index contributed by atoms with van der Waals surface area (Å²) >= 11 is 1.62. The minimum Gasteiger partial charge on any atom is -0.351 e. The Morgan fingerprint density at radius 1 is 1.45 bits per heavy atom. The molecule has 1 amide bonds. The second-order valence-corrected chi connectivity index (χ2v) is 6.55. The van der Waals surface area contributed by atoms with Gasteiger partial charge in [-0.1, -0.05) is 12.2 Å². The van der Waals surface area contributed by atoms with Crippen molar-refractivity contribution in [3.8, 4) is 10.6 Å². The molecule has 0 radical (unpaired) electrons. The maximum absolute atomic E-state index is 12.2. The van der Waals surface area contributed by atoms with E-state index in [0.29, 0.717) is 6.54 Å². The van der Waals surface area contributed by atoms with Gasteiger partial charge in [-0.25, -0.2) is 4.98 Å². The van der Waals surface area contributed by atoms with Crippen LogP contribution in [0.15, 0.2) is 36.7 Å². The van der Waals surface area contributed by atoms with Gasteiger partial charge in [-0.05, 0) is 38.3 Å². The Morgan fingerprint density at radius 3 is 3.09 bits per heavy atom. The summed E-state index contributed by atoms with van der Waals surface area (Å²) in [7, 11) is 0. The number of aryl methyl sites for hydroxylation is 1. The molecule has 0 aromatic carbocycles. The number of carbonyl (C=O) groups excluding carboxylic acids is 1. The molecular weight excluding hydrogens is 294 g/mol. The number of aromatic nitrogens is 2. The Hall–Kier alpha value is -2.01. The number of hydrogen-bond donors (Lipinski definition) is 1. The molecule has 0 bridgehead atoms.